The smallest absolute Gasteiger partial charge is 0.261 e. The molecule has 212 valence electrons. The molecule has 0 bridgehead atoms. The average molecular weight is 559 g/mol. The summed E-state index contributed by atoms with van der Waals surface area (Å²) in [6.45, 7) is 8.69. The summed E-state index contributed by atoms with van der Waals surface area (Å²) in [6, 6.07) is 29.6. The van der Waals surface area contributed by atoms with Crippen molar-refractivity contribution in [1.82, 2.24) is 0 Å². The molecule has 3 aromatic carbocycles. The number of fused-ring (bicyclic) bond motifs is 1. The van der Waals surface area contributed by atoms with Gasteiger partial charge in [0.2, 0.25) is 0 Å². The van der Waals surface area contributed by atoms with Crippen molar-refractivity contribution in [3.8, 4) is 5.75 Å². The van der Waals surface area contributed by atoms with E-state index in [2.05, 4.69) is 87.5 Å². The van der Waals surface area contributed by atoms with Gasteiger partial charge in [0.25, 0.3) is 8.32 Å². The first-order chi connectivity index (χ1) is 19.4. The summed E-state index contributed by atoms with van der Waals surface area (Å²) in [4.78, 5) is 0. The standard InChI is InChI=1S/C34H42O5Si/c1-34(2,3)40(30-11-7-5-8-12-30,31-13-9-6-10-14-31)37-25-29-23-33-32(39-29)20-19-28(38-33)21-22-36-24-26-15-17-27(35-4)18-16-26/h5-19,29,32-33H,20-25H2,1-4H3/t29-,32+,33+/m0/s1. The predicted molar refractivity (Wildman–Crippen MR) is 162 cm³/mol. The van der Waals surface area contributed by atoms with Gasteiger partial charge < -0.3 is 23.4 Å². The Kier molecular flexibility index (Phi) is 9.11. The maximum absolute atomic E-state index is 7.13. The van der Waals surface area contributed by atoms with Crippen LogP contribution in [-0.4, -0.2) is 47.0 Å². The highest BCUT2D eigenvalue weighted by molar-refractivity contribution is 6.99. The Morgan fingerprint density at radius 3 is 2.10 bits per heavy atom. The maximum Gasteiger partial charge on any atom is 0.261 e. The molecular formula is C34H42O5Si. The second kappa shape index (κ2) is 12.7. The van der Waals surface area contributed by atoms with Gasteiger partial charge in [0.15, 0.2) is 0 Å². The van der Waals surface area contributed by atoms with E-state index in [1.54, 1.807) is 7.11 Å². The molecule has 0 aliphatic carbocycles. The van der Waals surface area contributed by atoms with Crippen LogP contribution in [0, 0.1) is 0 Å². The van der Waals surface area contributed by atoms with Crippen molar-refractivity contribution in [1.29, 1.82) is 0 Å². The molecule has 40 heavy (non-hydrogen) atoms. The lowest BCUT2D eigenvalue weighted by Crippen LogP contribution is -2.67. The monoisotopic (exact) mass is 558 g/mol. The highest BCUT2D eigenvalue weighted by Gasteiger charge is 2.51. The third-order valence-electron chi connectivity index (χ3n) is 7.98. The lowest BCUT2D eigenvalue weighted by atomic mass is 10.0. The van der Waals surface area contributed by atoms with E-state index in [1.807, 2.05) is 24.3 Å². The maximum atomic E-state index is 7.13. The van der Waals surface area contributed by atoms with Gasteiger partial charge in [-0.15, -0.1) is 0 Å². The molecule has 0 unspecified atom stereocenters. The van der Waals surface area contributed by atoms with Crippen LogP contribution in [0.3, 0.4) is 0 Å². The van der Waals surface area contributed by atoms with Crippen molar-refractivity contribution in [2.24, 2.45) is 0 Å². The summed E-state index contributed by atoms with van der Waals surface area (Å²) in [7, 11) is -0.916. The third kappa shape index (κ3) is 6.36. The van der Waals surface area contributed by atoms with Gasteiger partial charge in [0.1, 0.15) is 11.9 Å². The number of hydrogen-bond donors (Lipinski definition) is 0. The van der Waals surface area contributed by atoms with Crippen molar-refractivity contribution in [3.05, 3.63) is 102 Å². The summed E-state index contributed by atoms with van der Waals surface area (Å²) in [5, 5.41) is 2.52. The second-order valence-electron chi connectivity index (χ2n) is 11.7. The third-order valence-corrected chi connectivity index (χ3v) is 13.0. The van der Waals surface area contributed by atoms with Crippen LogP contribution < -0.4 is 15.1 Å². The van der Waals surface area contributed by atoms with E-state index in [0.717, 1.165) is 36.3 Å². The normalized spacial score (nSPS) is 20.9. The first-order valence-electron chi connectivity index (χ1n) is 14.4. The first kappa shape index (κ1) is 28.6. The Balaban J connectivity index is 1.17. The molecule has 5 nitrogen and oxygen atoms in total. The van der Waals surface area contributed by atoms with E-state index in [9.17, 15) is 0 Å². The number of methoxy groups -OCH3 is 1. The van der Waals surface area contributed by atoms with Crippen LogP contribution in [0.15, 0.2) is 96.8 Å². The first-order valence-corrected chi connectivity index (χ1v) is 16.3. The number of ether oxygens (including phenoxy) is 4. The summed E-state index contributed by atoms with van der Waals surface area (Å²) >= 11 is 0. The predicted octanol–water partition coefficient (Wildman–Crippen LogP) is 6.01. The lowest BCUT2D eigenvalue weighted by Gasteiger charge is -2.43. The number of rotatable bonds is 11. The van der Waals surface area contributed by atoms with E-state index < -0.39 is 8.32 Å². The summed E-state index contributed by atoms with van der Waals surface area (Å²) in [6.07, 6.45) is 4.80. The van der Waals surface area contributed by atoms with E-state index in [0.29, 0.717) is 19.8 Å². The Labute approximate surface area is 240 Å². The van der Waals surface area contributed by atoms with Gasteiger partial charge in [0.05, 0.1) is 44.9 Å². The molecule has 3 aromatic rings. The molecule has 2 heterocycles. The molecule has 0 spiro atoms. The Hall–Kier alpha value is -2.90. The molecule has 1 saturated heterocycles. The fourth-order valence-electron chi connectivity index (χ4n) is 5.96. The zero-order valence-corrected chi connectivity index (χ0v) is 25.2. The Bertz CT molecular complexity index is 1200. The van der Waals surface area contributed by atoms with Crippen LogP contribution in [0.25, 0.3) is 0 Å². The fraction of sp³-hybridized carbons (Fsp3) is 0.412. The fourth-order valence-corrected chi connectivity index (χ4v) is 10.5. The van der Waals surface area contributed by atoms with Crippen LogP contribution in [0.5, 0.6) is 5.75 Å². The van der Waals surface area contributed by atoms with Gasteiger partial charge in [-0.05, 0) is 45.6 Å². The molecule has 1 fully saturated rings. The molecule has 6 heteroatoms. The van der Waals surface area contributed by atoms with Crippen molar-refractivity contribution < 1.29 is 23.4 Å². The van der Waals surface area contributed by atoms with Crippen LogP contribution in [0.2, 0.25) is 5.04 Å². The second-order valence-corrected chi connectivity index (χ2v) is 16.0. The molecular weight excluding hydrogens is 516 g/mol. The quantitative estimate of drug-likeness (QED) is 0.213. The summed E-state index contributed by atoms with van der Waals surface area (Å²) < 4.78 is 31.1. The van der Waals surface area contributed by atoms with Crippen molar-refractivity contribution in [2.45, 2.75) is 70.0 Å². The van der Waals surface area contributed by atoms with Crippen LogP contribution in [0.1, 0.15) is 45.6 Å². The van der Waals surface area contributed by atoms with Gasteiger partial charge in [-0.3, -0.25) is 0 Å². The summed E-state index contributed by atoms with van der Waals surface area (Å²) in [5.41, 5.74) is 1.13. The van der Waals surface area contributed by atoms with E-state index >= 15 is 0 Å². The van der Waals surface area contributed by atoms with Gasteiger partial charge in [0, 0.05) is 12.8 Å². The highest BCUT2D eigenvalue weighted by Crippen LogP contribution is 2.38. The highest BCUT2D eigenvalue weighted by atomic mass is 28.4. The van der Waals surface area contributed by atoms with Crippen LogP contribution >= 0.6 is 0 Å². The van der Waals surface area contributed by atoms with Crippen molar-refractivity contribution >= 4 is 18.7 Å². The largest absolute Gasteiger partial charge is 0.497 e. The van der Waals surface area contributed by atoms with E-state index in [-0.39, 0.29) is 23.4 Å². The minimum atomic E-state index is -2.59. The molecule has 2 aliphatic rings. The minimum Gasteiger partial charge on any atom is -0.497 e. The number of benzene rings is 3. The molecule has 5 rings (SSSR count). The topological polar surface area (TPSA) is 46.2 Å². The molecule has 3 atom stereocenters. The number of hydrogen-bond acceptors (Lipinski definition) is 5. The van der Waals surface area contributed by atoms with Crippen LogP contribution in [0.4, 0.5) is 0 Å². The molecule has 0 saturated carbocycles. The average Bonchev–Trinajstić information content (AvgIpc) is 3.39. The Morgan fingerprint density at radius 2 is 1.50 bits per heavy atom. The molecule has 0 N–H and O–H groups in total. The van der Waals surface area contributed by atoms with Gasteiger partial charge in [-0.2, -0.15) is 0 Å². The molecule has 2 aliphatic heterocycles. The van der Waals surface area contributed by atoms with Crippen LogP contribution in [-0.2, 0) is 25.2 Å². The lowest BCUT2D eigenvalue weighted by molar-refractivity contribution is -0.0248. The molecule has 0 amide bonds. The van der Waals surface area contributed by atoms with E-state index in [4.69, 9.17) is 23.4 Å². The van der Waals surface area contributed by atoms with Gasteiger partial charge >= 0.3 is 0 Å². The van der Waals surface area contributed by atoms with Gasteiger partial charge in [-0.25, -0.2) is 0 Å². The summed E-state index contributed by atoms with van der Waals surface area (Å²) in [5.74, 6) is 1.86. The SMILES string of the molecule is COc1ccc(COCCC2=CC[C@H]3O[C@H](CO[Si](c4ccccc4)(c4ccccc4)C(C)(C)C)C[C@H]3O2)cc1. The molecule has 0 radical (unpaired) electrons. The van der Waals surface area contributed by atoms with Crippen molar-refractivity contribution in [3.63, 3.8) is 0 Å². The zero-order chi connectivity index (χ0) is 28.0. The molecule has 0 aromatic heterocycles. The van der Waals surface area contributed by atoms with Gasteiger partial charge in [-0.1, -0.05) is 93.6 Å². The Morgan fingerprint density at radius 1 is 0.850 bits per heavy atom. The zero-order valence-electron chi connectivity index (χ0n) is 24.2. The minimum absolute atomic E-state index is 0.00993. The van der Waals surface area contributed by atoms with E-state index in [1.165, 1.54) is 10.4 Å². The van der Waals surface area contributed by atoms with Crippen molar-refractivity contribution in [2.75, 3.05) is 20.3 Å².